The highest BCUT2D eigenvalue weighted by molar-refractivity contribution is 6.40. The number of anilines is 1. The first-order valence-corrected chi connectivity index (χ1v) is 11.0. The van der Waals surface area contributed by atoms with Crippen LogP contribution >= 0.6 is 11.6 Å². The van der Waals surface area contributed by atoms with E-state index in [9.17, 15) is 9.59 Å². The van der Waals surface area contributed by atoms with Crippen molar-refractivity contribution in [3.8, 4) is 5.75 Å². The van der Waals surface area contributed by atoms with E-state index in [1.807, 2.05) is 66.7 Å². The largest absolute Gasteiger partial charge is 0.488 e. The number of halogens is 1. The minimum Gasteiger partial charge on any atom is -0.488 e. The molecule has 7 heteroatoms. The van der Waals surface area contributed by atoms with Crippen LogP contribution in [-0.4, -0.2) is 18.0 Å². The van der Waals surface area contributed by atoms with Crippen LogP contribution < -0.4 is 15.5 Å². The monoisotopic (exact) mass is 471 g/mol. The van der Waals surface area contributed by atoms with Crippen LogP contribution in [0.5, 0.6) is 5.75 Å². The summed E-state index contributed by atoms with van der Waals surface area (Å²) in [6.45, 7) is 2.14. The van der Waals surface area contributed by atoms with Crippen molar-refractivity contribution in [1.29, 1.82) is 0 Å². The molecular formula is C27H22ClN3O3. The number of ether oxygens (including phenoxy) is 1. The van der Waals surface area contributed by atoms with Gasteiger partial charge in [-0.15, -0.1) is 0 Å². The third-order valence-corrected chi connectivity index (χ3v) is 5.66. The number of hydrogen-bond acceptors (Lipinski definition) is 4. The highest BCUT2D eigenvalue weighted by atomic mass is 35.5. The minimum atomic E-state index is -0.900. The molecule has 0 radical (unpaired) electrons. The van der Waals surface area contributed by atoms with E-state index in [0.29, 0.717) is 34.2 Å². The molecule has 2 N–H and O–H groups in total. The maximum absolute atomic E-state index is 12.3. The molecule has 4 aromatic carbocycles. The molecule has 0 aliphatic carbocycles. The van der Waals surface area contributed by atoms with Crippen molar-refractivity contribution in [1.82, 2.24) is 5.43 Å². The van der Waals surface area contributed by atoms with E-state index < -0.39 is 11.8 Å². The Morgan fingerprint density at radius 1 is 0.912 bits per heavy atom. The van der Waals surface area contributed by atoms with Gasteiger partial charge >= 0.3 is 11.8 Å². The molecule has 0 unspecified atom stereocenters. The molecule has 4 rings (SSSR count). The zero-order valence-corrected chi connectivity index (χ0v) is 19.2. The lowest BCUT2D eigenvalue weighted by atomic mass is 10.0. The SMILES string of the molecule is Cc1c(Cl)cccc1NC(=O)C(=O)N/N=C/c1c(OCc2ccccc2)ccc2ccccc12. The second kappa shape index (κ2) is 10.6. The van der Waals surface area contributed by atoms with Crippen molar-refractivity contribution in [2.75, 3.05) is 5.32 Å². The van der Waals surface area contributed by atoms with E-state index in [0.717, 1.165) is 16.3 Å². The molecule has 0 aliphatic heterocycles. The van der Waals surface area contributed by atoms with Gasteiger partial charge in [-0.05, 0) is 47.0 Å². The van der Waals surface area contributed by atoms with Crippen molar-refractivity contribution in [3.05, 3.63) is 107 Å². The maximum atomic E-state index is 12.3. The summed E-state index contributed by atoms with van der Waals surface area (Å²) < 4.78 is 6.04. The lowest BCUT2D eigenvalue weighted by molar-refractivity contribution is -0.136. The second-order valence-electron chi connectivity index (χ2n) is 7.54. The topological polar surface area (TPSA) is 79.8 Å². The number of carbonyl (C=O) groups excluding carboxylic acids is 2. The molecule has 34 heavy (non-hydrogen) atoms. The Balaban J connectivity index is 1.50. The van der Waals surface area contributed by atoms with Crippen molar-refractivity contribution < 1.29 is 14.3 Å². The maximum Gasteiger partial charge on any atom is 0.329 e. The number of nitrogens with zero attached hydrogens (tertiary/aromatic N) is 1. The number of nitrogens with one attached hydrogen (secondary N) is 2. The van der Waals surface area contributed by atoms with Crippen LogP contribution in [0.15, 0.2) is 90.0 Å². The summed E-state index contributed by atoms with van der Waals surface area (Å²) in [5.41, 5.74) is 5.13. The molecule has 2 amide bonds. The summed E-state index contributed by atoms with van der Waals surface area (Å²) in [4.78, 5) is 24.6. The van der Waals surface area contributed by atoms with Gasteiger partial charge < -0.3 is 10.1 Å². The van der Waals surface area contributed by atoms with Gasteiger partial charge in [-0.3, -0.25) is 9.59 Å². The van der Waals surface area contributed by atoms with Crippen molar-refractivity contribution in [3.63, 3.8) is 0 Å². The van der Waals surface area contributed by atoms with Gasteiger partial charge in [0.25, 0.3) is 0 Å². The van der Waals surface area contributed by atoms with Crippen molar-refractivity contribution in [2.45, 2.75) is 13.5 Å². The molecule has 0 aliphatic rings. The average molecular weight is 472 g/mol. The zero-order valence-electron chi connectivity index (χ0n) is 18.4. The molecule has 0 fully saturated rings. The predicted molar refractivity (Wildman–Crippen MR) is 135 cm³/mol. The van der Waals surface area contributed by atoms with Gasteiger partial charge in [-0.1, -0.05) is 78.3 Å². The normalized spacial score (nSPS) is 10.9. The van der Waals surface area contributed by atoms with Gasteiger partial charge in [-0.2, -0.15) is 5.10 Å². The molecule has 0 atom stereocenters. The van der Waals surface area contributed by atoms with Crippen molar-refractivity contribution >= 4 is 46.1 Å². The molecule has 0 heterocycles. The summed E-state index contributed by atoms with van der Waals surface area (Å²) in [6, 6.07) is 26.5. The lowest BCUT2D eigenvalue weighted by Gasteiger charge is -2.12. The first-order valence-electron chi connectivity index (χ1n) is 10.6. The Morgan fingerprint density at radius 3 is 2.50 bits per heavy atom. The molecule has 6 nitrogen and oxygen atoms in total. The molecule has 0 saturated carbocycles. The number of hydrogen-bond donors (Lipinski definition) is 2. The number of fused-ring (bicyclic) bond motifs is 1. The fraction of sp³-hybridized carbons (Fsp3) is 0.0741. The number of rotatable bonds is 6. The van der Waals surface area contributed by atoms with Crippen LogP contribution in [0.1, 0.15) is 16.7 Å². The summed E-state index contributed by atoms with van der Waals surface area (Å²) in [5, 5.41) is 8.96. The van der Waals surface area contributed by atoms with E-state index in [4.69, 9.17) is 16.3 Å². The molecule has 170 valence electrons. The highest BCUT2D eigenvalue weighted by Crippen LogP contribution is 2.27. The van der Waals surface area contributed by atoms with E-state index in [1.54, 1.807) is 25.1 Å². The molecule has 0 aromatic heterocycles. The van der Waals surface area contributed by atoms with E-state index in [2.05, 4.69) is 15.8 Å². The third kappa shape index (κ3) is 5.42. The first-order chi connectivity index (χ1) is 16.5. The molecular weight excluding hydrogens is 450 g/mol. The van der Waals surface area contributed by atoms with Gasteiger partial charge in [-0.25, -0.2) is 5.43 Å². The van der Waals surface area contributed by atoms with Crippen molar-refractivity contribution in [2.24, 2.45) is 5.10 Å². The molecule has 0 spiro atoms. The van der Waals surface area contributed by atoms with E-state index >= 15 is 0 Å². The Hall–Kier alpha value is -4.16. The summed E-state index contributed by atoms with van der Waals surface area (Å²) in [6.07, 6.45) is 1.48. The third-order valence-electron chi connectivity index (χ3n) is 5.25. The molecule has 4 aromatic rings. The van der Waals surface area contributed by atoms with Crippen LogP contribution in [0.2, 0.25) is 5.02 Å². The van der Waals surface area contributed by atoms with Gasteiger partial charge in [0.15, 0.2) is 0 Å². The Labute approximate surface area is 202 Å². The van der Waals surface area contributed by atoms with Gasteiger partial charge in [0.1, 0.15) is 12.4 Å². The lowest BCUT2D eigenvalue weighted by Crippen LogP contribution is -2.32. The van der Waals surface area contributed by atoms with Crippen LogP contribution in [0.25, 0.3) is 10.8 Å². The fourth-order valence-electron chi connectivity index (χ4n) is 3.40. The smallest absolute Gasteiger partial charge is 0.329 e. The fourth-order valence-corrected chi connectivity index (χ4v) is 3.57. The Bertz CT molecular complexity index is 1370. The number of amides is 2. The number of benzene rings is 4. The quantitative estimate of drug-likeness (QED) is 0.222. The van der Waals surface area contributed by atoms with Gasteiger partial charge in [0.2, 0.25) is 0 Å². The summed E-state index contributed by atoms with van der Waals surface area (Å²) in [5.74, 6) is -1.14. The summed E-state index contributed by atoms with van der Waals surface area (Å²) in [7, 11) is 0. The zero-order chi connectivity index (χ0) is 23.9. The number of carbonyl (C=O) groups is 2. The minimum absolute atomic E-state index is 0.383. The Kier molecular flexibility index (Phi) is 7.20. The standard InChI is InChI=1S/C27H22ClN3O3/c1-18-23(28)12-7-13-24(18)30-26(32)27(33)31-29-16-22-21-11-6-5-10-20(21)14-15-25(22)34-17-19-8-3-2-4-9-19/h2-16H,17H2,1H3,(H,30,32)(H,31,33)/b29-16+. The summed E-state index contributed by atoms with van der Waals surface area (Å²) >= 11 is 6.07. The van der Waals surface area contributed by atoms with Crippen LogP contribution in [0.3, 0.4) is 0 Å². The highest BCUT2D eigenvalue weighted by Gasteiger charge is 2.15. The number of hydrazone groups is 1. The van der Waals surface area contributed by atoms with Gasteiger partial charge in [0.05, 0.1) is 6.21 Å². The van der Waals surface area contributed by atoms with Gasteiger partial charge in [0, 0.05) is 16.3 Å². The average Bonchev–Trinajstić information content (AvgIpc) is 2.86. The second-order valence-corrected chi connectivity index (χ2v) is 7.95. The van der Waals surface area contributed by atoms with Crippen LogP contribution in [0.4, 0.5) is 5.69 Å². The molecule has 0 bridgehead atoms. The molecule has 0 saturated heterocycles. The predicted octanol–water partition coefficient (Wildman–Crippen LogP) is 5.47. The van der Waals surface area contributed by atoms with Crippen LogP contribution in [0, 0.1) is 6.92 Å². The Morgan fingerprint density at radius 2 is 1.68 bits per heavy atom. The van der Waals surface area contributed by atoms with E-state index in [1.165, 1.54) is 6.21 Å². The van der Waals surface area contributed by atoms with Crippen LogP contribution in [-0.2, 0) is 16.2 Å². The van der Waals surface area contributed by atoms with E-state index in [-0.39, 0.29) is 0 Å². The first kappa shape index (κ1) is 23.0.